The van der Waals surface area contributed by atoms with E-state index in [1.54, 1.807) is 7.11 Å². The fourth-order valence-corrected chi connectivity index (χ4v) is 2.95. The highest BCUT2D eigenvalue weighted by molar-refractivity contribution is 6.22. The first-order valence-corrected chi connectivity index (χ1v) is 7.43. The highest BCUT2D eigenvalue weighted by atomic mass is 35.5. The minimum atomic E-state index is -0.107. The molecule has 0 bridgehead atoms. The van der Waals surface area contributed by atoms with E-state index < -0.39 is 0 Å². The Balaban J connectivity index is 2.75. The molecule has 0 aliphatic heterocycles. The smallest absolute Gasteiger partial charge is 0.0462 e. The number of alkyl halides is 2. The van der Waals surface area contributed by atoms with Crippen molar-refractivity contribution >= 4 is 23.2 Å². The van der Waals surface area contributed by atoms with Gasteiger partial charge in [-0.05, 0) is 25.3 Å². The molecule has 1 aromatic rings. The molecule has 0 aromatic heterocycles. The normalized spacial score (nSPS) is 11.8. The van der Waals surface area contributed by atoms with Crippen molar-refractivity contribution in [2.24, 2.45) is 0 Å². The van der Waals surface area contributed by atoms with Crippen LogP contribution in [0.4, 0.5) is 0 Å². The Morgan fingerprint density at radius 1 is 1.06 bits per heavy atom. The molecule has 0 aliphatic carbocycles. The van der Waals surface area contributed by atoms with E-state index in [1.807, 2.05) is 0 Å². The van der Waals surface area contributed by atoms with E-state index >= 15 is 0 Å². The molecule has 102 valence electrons. The molecule has 3 heteroatoms. The molecule has 1 nitrogen and oxygen atoms in total. The molecular weight excluding hydrogens is 267 g/mol. The van der Waals surface area contributed by atoms with Gasteiger partial charge < -0.3 is 4.74 Å². The lowest BCUT2D eigenvalue weighted by Gasteiger charge is -2.30. The monoisotopic (exact) mass is 288 g/mol. The van der Waals surface area contributed by atoms with Gasteiger partial charge in [-0.25, -0.2) is 0 Å². The summed E-state index contributed by atoms with van der Waals surface area (Å²) in [5.41, 5.74) is 2.40. The Kier molecular flexibility index (Phi) is 7.06. The van der Waals surface area contributed by atoms with Crippen molar-refractivity contribution in [3.05, 3.63) is 35.4 Å². The van der Waals surface area contributed by atoms with Gasteiger partial charge in [-0.2, -0.15) is 0 Å². The molecule has 0 heterocycles. The second kappa shape index (κ2) is 8.04. The van der Waals surface area contributed by atoms with Crippen LogP contribution >= 0.6 is 23.2 Å². The molecule has 0 fully saturated rings. The molecule has 0 spiro atoms. The number of hydrogen-bond donors (Lipinski definition) is 0. The number of methoxy groups -OCH3 is 1. The number of hydrogen-bond acceptors (Lipinski definition) is 1. The lowest BCUT2D eigenvalue weighted by molar-refractivity contribution is 0.190. The molecule has 0 aliphatic rings. The number of benzene rings is 1. The van der Waals surface area contributed by atoms with Gasteiger partial charge in [0.05, 0.1) is 0 Å². The van der Waals surface area contributed by atoms with E-state index in [2.05, 4.69) is 31.2 Å². The molecular formula is C15H22Cl2O. The first kappa shape index (κ1) is 15.8. The number of ether oxygens (including phenoxy) is 1. The van der Waals surface area contributed by atoms with Crippen LogP contribution in [0.2, 0.25) is 0 Å². The SMILES string of the molecule is COCCCCC(CCl)(CCl)c1ccc(C)cc1. The van der Waals surface area contributed by atoms with Gasteiger partial charge >= 0.3 is 0 Å². The van der Waals surface area contributed by atoms with Crippen molar-refractivity contribution in [1.82, 2.24) is 0 Å². The van der Waals surface area contributed by atoms with Gasteiger partial charge in [-0.15, -0.1) is 23.2 Å². The van der Waals surface area contributed by atoms with Crippen molar-refractivity contribution in [2.45, 2.75) is 31.6 Å². The molecule has 0 N–H and O–H groups in total. The van der Waals surface area contributed by atoms with E-state index in [1.165, 1.54) is 11.1 Å². The van der Waals surface area contributed by atoms with Gasteiger partial charge in [0.15, 0.2) is 0 Å². The predicted molar refractivity (Wildman–Crippen MR) is 80.0 cm³/mol. The summed E-state index contributed by atoms with van der Waals surface area (Å²) in [6.45, 7) is 2.89. The second-order valence-corrected chi connectivity index (χ2v) is 5.40. The maximum atomic E-state index is 6.20. The molecule has 0 radical (unpaired) electrons. The van der Waals surface area contributed by atoms with Crippen LogP contribution in [0.5, 0.6) is 0 Å². The summed E-state index contributed by atoms with van der Waals surface area (Å²) in [6, 6.07) is 8.55. The maximum Gasteiger partial charge on any atom is 0.0462 e. The fraction of sp³-hybridized carbons (Fsp3) is 0.600. The average Bonchev–Trinajstić information content (AvgIpc) is 2.41. The third-order valence-electron chi connectivity index (χ3n) is 3.43. The van der Waals surface area contributed by atoms with Gasteiger partial charge in [0, 0.05) is 30.9 Å². The van der Waals surface area contributed by atoms with Crippen molar-refractivity contribution < 1.29 is 4.74 Å². The third-order valence-corrected chi connectivity index (χ3v) is 4.45. The summed E-state index contributed by atoms with van der Waals surface area (Å²) in [7, 11) is 1.73. The van der Waals surface area contributed by atoms with E-state index in [0.29, 0.717) is 11.8 Å². The molecule has 1 aromatic carbocycles. The standard InChI is InChI=1S/C15H22Cl2O/c1-13-5-7-14(8-6-13)15(11-16,12-17)9-3-4-10-18-2/h5-8H,3-4,9-12H2,1-2H3. The molecule has 0 saturated carbocycles. The number of aryl methyl sites for hydroxylation is 1. The van der Waals surface area contributed by atoms with Crippen LogP contribution in [0.1, 0.15) is 30.4 Å². The number of unbranched alkanes of at least 4 members (excludes halogenated alkanes) is 1. The van der Waals surface area contributed by atoms with E-state index in [-0.39, 0.29) is 5.41 Å². The Morgan fingerprint density at radius 2 is 1.67 bits per heavy atom. The van der Waals surface area contributed by atoms with Crippen LogP contribution in [0.15, 0.2) is 24.3 Å². The predicted octanol–water partition coefficient (Wildman–Crippen LogP) is 4.53. The van der Waals surface area contributed by atoms with Crippen LogP contribution in [0, 0.1) is 6.92 Å². The summed E-state index contributed by atoms with van der Waals surface area (Å²) in [5.74, 6) is 1.12. The summed E-state index contributed by atoms with van der Waals surface area (Å²) >= 11 is 12.4. The minimum absolute atomic E-state index is 0.107. The fourth-order valence-electron chi connectivity index (χ4n) is 2.08. The Morgan fingerprint density at radius 3 is 2.17 bits per heavy atom. The first-order valence-electron chi connectivity index (χ1n) is 6.36. The third kappa shape index (κ3) is 4.15. The zero-order valence-electron chi connectivity index (χ0n) is 11.2. The lowest BCUT2D eigenvalue weighted by Crippen LogP contribution is -2.30. The summed E-state index contributed by atoms with van der Waals surface area (Å²) < 4.78 is 5.08. The minimum Gasteiger partial charge on any atom is -0.385 e. The van der Waals surface area contributed by atoms with Crippen LogP contribution in [-0.4, -0.2) is 25.5 Å². The zero-order valence-corrected chi connectivity index (χ0v) is 12.7. The highest BCUT2D eigenvalue weighted by Gasteiger charge is 2.29. The second-order valence-electron chi connectivity index (χ2n) is 4.86. The first-order chi connectivity index (χ1) is 8.68. The highest BCUT2D eigenvalue weighted by Crippen LogP contribution is 2.33. The van der Waals surface area contributed by atoms with Gasteiger partial charge in [-0.1, -0.05) is 36.2 Å². The summed E-state index contributed by atoms with van der Waals surface area (Å²) in [4.78, 5) is 0. The lowest BCUT2D eigenvalue weighted by atomic mass is 9.79. The molecule has 0 amide bonds. The Labute approximate surface area is 120 Å². The molecule has 0 saturated heterocycles. The van der Waals surface area contributed by atoms with E-state index in [9.17, 15) is 0 Å². The molecule has 1 rings (SSSR count). The Bertz CT molecular complexity index is 331. The average molecular weight is 289 g/mol. The zero-order chi connectivity index (χ0) is 13.4. The molecule has 18 heavy (non-hydrogen) atoms. The van der Waals surface area contributed by atoms with Gasteiger partial charge in [0.25, 0.3) is 0 Å². The van der Waals surface area contributed by atoms with Crippen molar-refractivity contribution in [2.75, 3.05) is 25.5 Å². The quantitative estimate of drug-likeness (QED) is 0.505. The topological polar surface area (TPSA) is 9.23 Å². The van der Waals surface area contributed by atoms with E-state index in [0.717, 1.165) is 25.9 Å². The van der Waals surface area contributed by atoms with Crippen molar-refractivity contribution in [3.63, 3.8) is 0 Å². The van der Waals surface area contributed by atoms with Gasteiger partial charge in [-0.3, -0.25) is 0 Å². The van der Waals surface area contributed by atoms with Crippen LogP contribution in [-0.2, 0) is 10.2 Å². The van der Waals surface area contributed by atoms with Gasteiger partial charge in [0.2, 0.25) is 0 Å². The molecule has 0 atom stereocenters. The van der Waals surface area contributed by atoms with Crippen LogP contribution in [0.3, 0.4) is 0 Å². The number of rotatable bonds is 8. The summed E-state index contributed by atoms with van der Waals surface area (Å²) in [5, 5.41) is 0. The molecule has 0 unspecified atom stereocenters. The Hall–Kier alpha value is -0.240. The number of halogens is 2. The maximum absolute atomic E-state index is 6.20. The van der Waals surface area contributed by atoms with Gasteiger partial charge in [0.1, 0.15) is 0 Å². The van der Waals surface area contributed by atoms with Crippen molar-refractivity contribution in [3.8, 4) is 0 Å². The van der Waals surface area contributed by atoms with Crippen LogP contribution in [0.25, 0.3) is 0 Å². The van der Waals surface area contributed by atoms with Crippen LogP contribution < -0.4 is 0 Å². The largest absolute Gasteiger partial charge is 0.385 e. The van der Waals surface area contributed by atoms with E-state index in [4.69, 9.17) is 27.9 Å². The summed E-state index contributed by atoms with van der Waals surface area (Å²) in [6.07, 6.45) is 3.14. The van der Waals surface area contributed by atoms with Crippen molar-refractivity contribution in [1.29, 1.82) is 0 Å².